The van der Waals surface area contributed by atoms with Crippen LogP contribution in [0.2, 0.25) is 0 Å². The van der Waals surface area contributed by atoms with Gasteiger partial charge in [0.15, 0.2) is 0 Å². The second-order valence-corrected chi connectivity index (χ2v) is 7.74. The SMILES string of the molecule is O=C1Nc2ccc(Br)cc2C1=Nc1ccc(NC(=O)c2ccc([N+](=O)[O-])cc2)c([N+](=O)[O-])c1. The number of non-ortho nitro benzene ring substituents is 1. The fourth-order valence-electron chi connectivity index (χ4n) is 3.14. The molecule has 0 aromatic heterocycles. The van der Waals surface area contributed by atoms with Crippen LogP contribution in [0.3, 0.4) is 0 Å². The number of amides is 2. The number of anilines is 2. The molecule has 0 saturated carbocycles. The number of hydrogen-bond donors (Lipinski definition) is 2. The summed E-state index contributed by atoms with van der Waals surface area (Å²) in [4.78, 5) is 50.1. The minimum atomic E-state index is -0.686. The van der Waals surface area contributed by atoms with E-state index in [-0.39, 0.29) is 28.3 Å². The Morgan fingerprint density at radius 3 is 2.36 bits per heavy atom. The maximum absolute atomic E-state index is 12.5. The summed E-state index contributed by atoms with van der Waals surface area (Å²) in [5.74, 6) is -1.12. The Hall–Kier alpha value is -4.45. The van der Waals surface area contributed by atoms with E-state index in [0.29, 0.717) is 11.3 Å². The van der Waals surface area contributed by atoms with Gasteiger partial charge < -0.3 is 10.6 Å². The summed E-state index contributed by atoms with van der Waals surface area (Å²) in [6.45, 7) is 0. The highest BCUT2D eigenvalue weighted by atomic mass is 79.9. The number of halogens is 1. The van der Waals surface area contributed by atoms with E-state index in [4.69, 9.17) is 0 Å². The Labute approximate surface area is 193 Å². The van der Waals surface area contributed by atoms with E-state index in [0.717, 1.165) is 22.7 Å². The van der Waals surface area contributed by atoms with E-state index >= 15 is 0 Å². The van der Waals surface area contributed by atoms with Crippen LogP contribution in [-0.4, -0.2) is 27.4 Å². The first-order chi connectivity index (χ1) is 15.7. The van der Waals surface area contributed by atoms with E-state index in [9.17, 15) is 29.8 Å². The number of fused-ring (bicyclic) bond motifs is 1. The Kier molecular flexibility index (Phi) is 5.67. The van der Waals surface area contributed by atoms with Gasteiger partial charge in [-0.3, -0.25) is 29.8 Å². The smallest absolute Gasteiger partial charge is 0.294 e. The number of carbonyl (C=O) groups is 2. The molecule has 11 nitrogen and oxygen atoms in total. The predicted molar refractivity (Wildman–Crippen MR) is 123 cm³/mol. The lowest BCUT2D eigenvalue weighted by Gasteiger charge is -2.07. The molecule has 3 aromatic rings. The number of nitro benzene ring substituents is 2. The molecule has 0 spiro atoms. The number of hydrogen-bond acceptors (Lipinski definition) is 7. The number of nitro groups is 2. The quantitative estimate of drug-likeness (QED) is 0.378. The first-order valence-electron chi connectivity index (χ1n) is 9.27. The maximum atomic E-state index is 12.5. The lowest BCUT2D eigenvalue weighted by Crippen LogP contribution is -2.14. The van der Waals surface area contributed by atoms with E-state index in [1.807, 2.05) is 0 Å². The number of rotatable bonds is 5. The molecular weight excluding hydrogens is 498 g/mol. The third kappa shape index (κ3) is 4.45. The van der Waals surface area contributed by atoms with Crippen LogP contribution in [0.15, 0.2) is 70.1 Å². The Morgan fingerprint density at radius 1 is 0.970 bits per heavy atom. The van der Waals surface area contributed by atoms with Crippen molar-refractivity contribution in [3.05, 3.63) is 96.5 Å². The van der Waals surface area contributed by atoms with Crippen LogP contribution in [0.1, 0.15) is 15.9 Å². The van der Waals surface area contributed by atoms with Crippen LogP contribution in [0, 0.1) is 20.2 Å². The molecule has 0 atom stereocenters. The molecule has 0 aliphatic carbocycles. The van der Waals surface area contributed by atoms with Crippen molar-refractivity contribution in [2.75, 3.05) is 10.6 Å². The molecule has 1 aliphatic heterocycles. The molecule has 4 rings (SSSR count). The number of nitrogens with one attached hydrogen (secondary N) is 2. The van der Waals surface area contributed by atoms with E-state index < -0.39 is 27.3 Å². The molecule has 33 heavy (non-hydrogen) atoms. The minimum Gasteiger partial charge on any atom is -0.320 e. The van der Waals surface area contributed by atoms with Crippen LogP contribution in [0.5, 0.6) is 0 Å². The Bertz CT molecular complexity index is 1370. The Balaban J connectivity index is 1.64. The fourth-order valence-corrected chi connectivity index (χ4v) is 3.50. The topological polar surface area (TPSA) is 157 Å². The van der Waals surface area contributed by atoms with Crippen molar-refractivity contribution in [3.8, 4) is 0 Å². The monoisotopic (exact) mass is 509 g/mol. The molecule has 1 aliphatic rings. The van der Waals surface area contributed by atoms with Gasteiger partial charge in [-0.15, -0.1) is 0 Å². The van der Waals surface area contributed by atoms with Gasteiger partial charge in [-0.1, -0.05) is 15.9 Å². The highest BCUT2D eigenvalue weighted by Crippen LogP contribution is 2.32. The molecule has 0 bridgehead atoms. The largest absolute Gasteiger partial charge is 0.320 e. The number of benzene rings is 3. The molecule has 12 heteroatoms. The first kappa shape index (κ1) is 21.8. The van der Waals surface area contributed by atoms with Gasteiger partial charge in [-0.2, -0.15) is 0 Å². The summed E-state index contributed by atoms with van der Waals surface area (Å²) < 4.78 is 0.737. The summed E-state index contributed by atoms with van der Waals surface area (Å²) in [6, 6.07) is 13.8. The van der Waals surface area contributed by atoms with Crippen molar-refractivity contribution in [2.45, 2.75) is 0 Å². The average molecular weight is 510 g/mol. The van der Waals surface area contributed by atoms with Crippen molar-refractivity contribution < 1.29 is 19.4 Å². The van der Waals surface area contributed by atoms with Gasteiger partial charge in [0.2, 0.25) is 0 Å². The second-order valence-electron chi connectivity index (χ2n) is 6.82. The van der Waals surface area contributed by atoms with Crippen LogP contribution < -0.4 is 10.6 Å². The van der Waals surface area contributed by atoms with Crippen LogP contribution in [0.25, 0.3) is 0 Å². The molecule has 1 heterocycles. The summed E-state index contributed by atoms with van der Waals surface area (Å²) in [6.07, 6.45) is 0. The molecule has 2 N–H and O–H groups in total. The van der Waals surface area contributed by atoms with Gasteiger partial charge in [0.05, 0.1) is 21.2 Å². The molecule has 2 amide bonds. The van der Waals surface area contributed by atoms with Crippen LogP contribution >= 0.6 is 15.9 Å². The first-order valence-corrected chi connectivity index (χ1v) is 10.1. The average Bonchev–Trinajstić information content (AvgIpc) is 3.09. The van der Waals surface area contributed by atoms with Gasteiger partial charge in [-0.25, -0.2) is 4.99 Å². The standard InChI is InChI=1S/C21H12BrN5O6/c22-12-3-7-16-15(9-12)19(21(29)24-16)23-13-4-8-17(18(10-13)27(32)33)25-20(28)11-1-5-14(6-2-11)26(30)31/h1-10H,(H,25,28)(H,23,24,29). The number of aliphatic imine (C=N–C) groups is 1. The summed E-state index contributed by atoms with van der Waals surface area (Å²) in [7, 11) is 0. The zero-order valence-corrected chi connectivity index (χ0v) is 18.0. The van der Waals surface area contributed by atoms with Gasteiger partial charge >= 0.3 is 0 Å². The van der Waals surface area contributed by atoms with Crippen LogP contribution in [-0.2, 0) is 4.79 Å². The summed E-state index contributed by atoms with van der Waals surface area (Å²) in [5.41, 5.74) is 0.744. The minimum absolute atomic E-state index is 0.0871. The maximum Gasteiger partial charge on any atom is 0.294 e. The zero-order valence-electron chi connectivity index (χ0n) is 16.4. The lowest BCUT2D eigenvalue weighted by molar-refractivity contribution is -0.384. The third-order valence-electron chi connectivity index (χ3n) is 4.71. The zero-order chi connectivity index (χ0) is 23.7. The summed E-state index contributed by atoms with van der Waals surface area (Å²) in [5, 5.41) is 27.4. The van der Waals surface area contributed by atoms with Crippen molar-refractivity contribution in [3.63, 3.8) is 0 Å². The van der Waals surface area contributed by atoms with Crippen LogP contribution in [0.4, 0.5) is 28.4 Å². The highest BCUT2D eigenvalue weighted by molar-refractivity contribution is 9.10. The molecule has 164 valence electrons. The number of carbonyl (C=O) groups excluding carboxylic acids is 2. The lowest BCUT2D eigenvalue weighted by atomic mass is 10.1. The van der Waals surface area contributed by atoms with Crippen molar-refractivity contribution in [1.82, 2.24) is 0 Å². The van der Waals surface area contributed by atoms with Gasteiger partial charge in [-0.05, 0) is 42.5 Å². The van der Waals surface area contributed by atoms with Gasteiger partial charge in [0.25, 0.3) is 23.2 Å². The highest BCUT2D eigenvalue weighted by Gasteiger charge is 2.27. The predicted octanol–water partition coefficient (Wildman–Crippen LogP) is 4.59. The van der Waals surface area contributed by atoms with Gasteiger partial charge in [0.1, 0.15) is 11.4 Å². The van der Waals surface area contributed by atoms with Crippen molar-refractivity contribution in [2.24, 2.45) is 4.99 Å². The number of nitrogens with zero attached hydrogens (tertiary/aromatic N) is 3. The van der Waals surface area contributed by atoms with E-state index in [2.05, 4.69) is 31.6 Å². The molecule has 0 saturated heterocycles. The van der Waals surface area contributed by atoms with Crippen molar-refractivity contribution >= 4 is 61.9 Å². The molecule has 0 unspecified atom stereocenters. The third-order valence-corrected chi connectivity index (χ3v) is 5.20. The normalized spacial score (nSPS) is 13.4. The molecular formula is C21H12BrN5O6. The van der Waals surface area contributed by atoms with E-state index in [1.165, 1.54) is 24.3 Å². The second kappa shape index (κ2) is 8.59. The Morgan fingerprint density at radius 2 is 1.70 bits per heavy atom. The molecule has 0 fully saturated rings. The fraction of sp³-hybridized carbons (Fsp3) is 0. The molecule has 0 radical (unpaired) electrons. The molecule has 3 aromatic carbocycles. The van der Waals surface area contributed by atoms with E-state index in [1.54, 1.807) is 18.2 Å². The van der Waals surface area contributed by atoms with Crippen molar-refractivity contribution in [1.29, 1.82) is 0 Å². The van der Waals surface area contributed by atoms with Gasteiger partial charge in [0, 0.05) is 33.8 Å². The summed E-state index contributed by atoms with van der Waals surface area (Å²) >= 11 is 3.33.